The van der Waals surface area contributed by atoms with Gasteiger partial charge in [0.25, 0.3) is 5.91 Å². The largest absolute Gasteiger partial charge is 0.444 e. The van der Waals surface area contributed by atoms with E-state index in [0.717, 1.165) is 30.6 Å². The van der Waals surface area contributed by atoms with Crippen molar-refractivity contribution in [2.75, 3.05) is 13.6 Å². The fraction of sp³-hybridized carbons (Fsp3) is 0.706. The standard InChI is InChI=1S/C17H24N4O3/c1-16(2,3)24-15(23)20-8-5-12-11(9-20)13-14(22)19(4)17(6-7-17)10-21(13)18-12/h5-10H2,1-4H3. The molecular formula is C17H24N4O3. The summed E-state index contributed by atoms with van der Waals surface area (Å²) in [6.45, 7) is 7.31. The molecule has 2 aliphatic heterocycles. The Morgan fingerprint density at radius 3 is 2.62 bits per heavy atom. The van der Waals surface area contributed by atoms with Crippen molar-refractivity contribution in [1.82, 2.24) is 19.6 Å². The summed E-state index contributed by atoms with van der Waals surface area (Å²) in [6.07, 6.45) is 2.42. The van der Waals surface area contributed by atoms with Crippen molar-refractivity contribution < 1.29 is 14.3 Å². The van der Waals surface area contributed by atoms with E-state index in [0.29, 0.717) is 25.2 Å². The highest BCUT2D eigenvalue weighted by Crippen LogP contribution is 2.46. The molecule has 1 fully saturated rings. The first-order chi connectivity index (χ1) is 11.2. The van der Waals surface area contributed by atoms with Crippen LogP contribution in [0.3, 0.4) is 0 Å². The predicted molar refractivity (Wildman–Crippen MR) is 86.6 cm³/mol. The zero-order chi connectivity index (χ0) is 17.3. The molecule has 7 nitrogen and oxygen atoms in total. The van der Waals surface area contributed by atoms with Gasteiger partial charge >= 0.3 is 6.09 Å². The molecule has 1 spiro atoms. The first-order valence-corrected chi connectivity index (χ1v) is 8.55. The third kappa shape index (κ3) is 2.29. The fourth-order valence-electron chi connectivity index (χ4n) is 3.66. The Morgan fingerprint density at radius 1 is 1.29 bits per heavy atom. The van der Waals surface area contributed by atoms with Gasteiger partial charge in [0.2, 0.25) is 0 Å². The molecule has 3 aliphatic rings. The van der Waals surface area contributed by atoms with Crippen molar-refractivity contribution >= 4 is 12.0 Å². The van der Waals surface area contributed by atoms with Gasteiger partial charge < -0.3 is 14.5 Å². The van der Waals surface area contributed by atoms with E-state index >= 15 is 0 Å². The van der Waals surface area contributed by atoms with Crippen LogP contribution in [-0.4, -0.2) is 56.3 Å². The minimum Gasteiger partial charge on any atom is -0.444 e. The SMILES string of the molecule is CN1C(=O)c2c3c(nn2CC12CC2)CCN(C(=O)OC(C)(C)C)C3. The highest BCUT2D eigenvalue weighted by atomic mass is 16.6. The van der Waals surface area contributed by atoms with E-state index in [4.69, 9.17) is 4.74 Å². The number of ether oxygens (including phenoxy) is 1. The molecule has 3 heterocycles. The Balaban J connectivity index is 1.62. The minimum atomic E-state index is -0.524. The van der Waals surface area contributed by atoms with E-state index in [1.807, 2.05) is 37.4 Å². The molecule has 24 heavy (non-hydrogen) atoms. The molecule has 1 aromatic rings. The Bertz CT molecular complexity index is 727. The maximum atomic E-state index is 12.8. The van der Waals surface area contributed by atoms with Gasteiger partial charge in [-0.2, -0.15) is 5.10 Å². The van der Waals surface area contributed by atoms with Gasteiger partial charge in [-0.3, -0.25) is 9.48 Å². The second-order valence-electron chi connectivity index (χ2n) is 8.17. The molecule has 4 rings (SSSR count). The van der Waals surface area contributed by atoms with Gasteiger partial charge in [-0.25, -0.2) is 4.79 Å². The van der Waals surface area contributed by atoms with E-state index < -0.39 is 5.60 Å². The molecule has 0 radical (unpaired) electrons. The first kappa shape index (κ1) is 15.5. The van der Waals surface area contributed by atoms with Crippen LogP contribution in [0.5, 0.6) is 0 Å². The van der Waals surface area contributed by atoms with E-state index in [1.165, 1.54) is 0 Å². The maximum Gasteiger partial charge on any atom is 0.410 e. The second-order valence-corrected chi connectivity index (χ2v) is 8.17. The van der Waals surface area contributed by atoms with Crippen molar-refractivity contribution in [2.45, 2.75) is 64.3 Å². The van der Waals surface area contributed by atoms with E-state index in [9.17, 15) is 9.59 Å². The lowest BCUT2D eigenvalue weighted by Crippen LogP contribution is -2.48. The van der Waals surface area contributed by atoms with Crippen LogP contribution in [-0.2, 0) is 24.2 Å². The van der Waals surface area contributed by atoms with Gasteiger partial charge in [0.15, 0.2) is 0 Å². The van der Waals surface area contributed by atoms with Crippen LogP contribution in [0.25, 0.3) is 0 Å². The molecule has 0 atom stereocenters. The van der Waals surface area contributed by atoms with Crippen LogP contribution in [0.2, 0.25) is 0 Å². The third-order valence-corrected chi connectivity index (χ3v) is 5.24. The molecular weight excluding hydrogens is 308 g/mol. The predicted octanol–water partition coefficient (Wildman–Crippen LogP) is 1.79. The number of hydrogen-bond donors (Lipinski definition) is 0. The average Bonchev–Trinajstić information content (AvgIpc) is 3.16. The normalized spacial score (nSPS) is 21.6. The zero-order valence-corrected chi connectivity index (χ0v) is 14.8. The second kappa shape index (κ2) is 4.74. The molecule has 0 bridgehead atoms. The number of amides is 2. The Morgan fingerprint density at radius 2 is 2.00 bits per heavy atom. The fourth-order valence-corrected chi connectivity index (χ4v) is 3.66. The summed E-state index contributed by atoms with van der Waals surface area (Å²) in [5.74, 6) is 0.0264. The summed E-state index contributed by atoms with van der Waals surface area (Å²) in [5, 5.41) is 4.67. The molecule has 0 saturated heterocycles. The molecule has 1 saturated carbocycles. The number of carbonyl (C=O) groups is 2. The van der Waals surface area contributed by atoms with Gasteiger partial charge in [-0.1, -0.05) is 0 Å². The maximum absolute atomic E-state index is 12.8. The molecule has 1 aromatic heterocycles. The minimum absolute atomic E-state index is 0.0243. The van der Waals surface area contributed by atoms with Gasteiger partial charge in [-0.05, 0) is 33.6 Å². The number of likely N-dealkylation sites (N-methyl/N-ethyl adjacent to an activating group) is 1. The van der Waals surface area contributed by atoms with Crippen LogP contribution in [0, 0.1) is 0 Å². The highest BCUT2D eigenvalue weighted by Gasteiger charge is 2.53. The lowest BCUT2D eigenvalue weighted by atomic mass is 10.0. The molecule has 0 N–H and O–H groups in total. The molecule has 2 amide bonds. The quantitative estimate of drug-likeness (QED) is 0.726. The summed E-state index contributed by atoms with van der Waals surface area (Å²) >= 11 is 0. The summed E-state index contributed by atoms with van der Waals surface area (Å²) in [4.78, 5) is 28.7. The number of aromatic nitrogens is 2. The number of hydrogen-bond acceptors (Lipinski definition) is 4. The van der Waals surface area contributed by atoms with E-state index in [1.54, 1.807) is 4.90 Å². The summed E-state index contributed by atoms with van der Waals surface area (Å²) < 4.78 is 7.34. The smallest absolute Gasteiger partial charge is 0.410 e. The van der Waals surface area contributed by atoms with Crippen molar-refractivity contribution in [3.05, 3.63) is 17.0 Å². The van der Waals surface area contributed by atoms with Crippen LogP contribution < -0.4 is 0 Å². The molecule has 0 aromatic carbocycles. The number of rotatable bonds is 0. The summed E-state index contributed by atoms with van der Waals surface area (Å²) in [6, 6.07) is 0. The van der Waals surface area contributed by atoms with Crippen molar-refractivity contribution in [3.63, 3.8) is 0 Å². The molecule has 7 heteroatoms. The molecule has 1 aliphatic carbocycles. The van der Waals surface area contributed by atoms with E-state index in [-0.39, 0.29) is 17.5 Å². The van der Waals surface area contributed by atoms with Gasteiger partial charge in [0.1, 0.15) is 11.3 Å². The van der Waals surface area contributed by atoms with Gasteiger partial charge in [-0.15, -0.1) is 0 Å². The van der Waals surface area contributed by atoms with Gasteiger partial charge in [0, 0.05) is 25.6 Å². The number of fused-ring (bicyclic) bond motifs is 3. The monoisotopic (exact) mass is 332 g/mol. The Kier molecular flexibility index (Phi) is 3.06. The topological polar surface area (TPSA) is 67.7 Å². The van der Waals surface area contributed by atoms with Crippen molar-refractivity contribution in [2.24, 2.45) is 0 Å². The molecule has 130 valence electrons. The van der Waals surface area contributed by atoms with Crippen molar-refractivity contribution in [3.8, 4) is 0 Å². The average molecular weight is 332 g/mol. The zero-order valence-electron chi connectivity index (χ0n) is 14.8. The van der Waals surface area contributed by atoms with E-state index in [2.05, 4.69) is 5.10 Å². The highest BCUT2D eigenvalue weighted by molar-refractivity contribution is 5.96. The molecule has 0 unspecified atom stereocenters. The summed E-state index contributed by atoms with van der Waals surface area (Å²) in [5.41, 5.74) is 1.94. The lowest BCUT2D eigenvalue weighted by molar-refractivity contribution is 0.0221. The van der Waals surface area contributed by atoms with Crippen LogP contribution in [0.15, 0.2) is 0 Å². The van der Waals surface area contributed by atoms with Gasteiger partial charge in [0.05, 0.1) is 24.3 Å². The Labute approximate surface area is 141 Å². The lowest BCUT2D eigenvalue weighted by Gasteiger charge is -2.34. The van der Waals surface area contributed by atoms with Crippen LogP contribution in [0.4, 0.5) is 4.79 Å². The first-order valence-electron chi connectivity index (χ1n) is 8.55. The van der Waals surface area contributed by atoms with Crippen molar-refractivity contribution in [1.29, 1.82) is 0 Å². The number of nitrogens with zero attached hydrogens (tertiary/aromatic N) is 4. The number of carbonyl (C=O) groups excluding carboxylic acids is 2. The van der Waals surface area contributed by atoms with Crippen LogP contribution >= 0.6 is 0 Å². The Hall–Kier alpha value is -2.05. The third-order valence-electron chi connectivity index (χ3n) is 5.24. The van der Waals surface area contributed by atoms with Crippen LogP contribution in [0.1, 0.15) is 55.4 Å². The summed E-state index contributed by atoms with van der Waals surface area (Å²) in [7, 11) is 1.88.